The Balaban J connectivity index is 1.82. The zero-order valence-corrected chi connectivity index (χ0v) is 11.0. The van der Waals surface area contributed by atoms with E-state index in [2.05, 4.69) is 20.5 Å². The minimum absolute atomic E-state index is 0.0869. The third-order valence-electron chi connectivity index (χ3n) is 2.14. The molecule has 0 saturated carbocycles. The van der Waals surface area contributed by atoms with Crippen LogP contribution in [0, 0.1) is 0 Å². The molecule has 1 amide bonds. The molecule has 5 nitrogen and oxygen atoms in total. The Bertz CT molecular complexity index is 517. The van der Waals surface area contributed by atoms with Crippen molar-refractivity contribution in [3.05, 3.63) is 40.1 Å². The highest BCUT2D eigenvalue weighted by atomic mass is 35.5. The van der Waals surface area contributed by atoms with Crippen molar-refractivity contribution in [3.8, 4) is 0 Å². The molecule has 2 rings (SSSR count). The van der Waals surface area contributed by atoms with Gasteiger partial charge in [-0.25, -0.2) is 4.98 Å². The van der Waals surface area contributed by atoms with Crippen molar-refractivity contribution in [2.75, 3.05) is 0 Å². The number of aromatic nitrogens is 3. The Kier molecular flexibility index (Phi) is 4.60. The van der Waals surface area contributed by atoms with E-state index in [4.69, 9.17) is 11.6 Å². The second-order valence-corrected chi connectivity index (χ2v) is 4.74. The predicted octanol–water partition coefficient (Wildman–Crippen LogP) is 1.53. The molecule has 0 aliphatic rings. The zero-order valence-electron chi connectivity index (χ0n) is 9.47. The Morgan fingerprint density at radius 2 is 2.33 bits per heavy atom. The number of rotatable bonds is 5. The summed E-state index contributed by atoms with van der Waals surface area (Å²) >= 11 is 7.09. The molecule has 7 heteroatoms. The van der Waals surface area contributed by atoms with Crippen molar-refractivity contribution in [2.24, 2.45) is 0 Å². The van der Waals surface area contributed by atoms with Crippen molar-refractivity contribution in [3.63, 3.8) is 0 Å². The molecule has 0 atom stereocenters. The summed E-state index contributed by atoms with van der Waals surface area (Å²) in [5, 5.41) is 13.0. The number of alkyl halides is 1. The Morgan fingerprint density at radius 1 is 1.44 bits per heavy atom. The van der Waals surface area contributed by atoms with E-state index in [0.29, 0.717) is 12.4 Å². The van der Waals surface area contributed by atoms with Crippen LogP contribution >= 0.6 is 22.9 Å². The molecule has 1 N–H and O–H groups in total. The van der Waals surface area contributed by atoms with E-state index in [1.807, 2.05) is 11.4 Å². The van der Waals surface area contributed by atoms with Gasteiger partial charge in [-0.1, -0.05) is 0 Å². The Hall–Kier alpha value is -1.53. The van der Waals surface area contributed by atoms with E-state index in [9.17, 15) is 4.79 Å². The van der Waals surface area contributed by atoms with Crippen LogP contribution in [0.4, 0.5) is 0 Å². The van der Waals surface area contributed by atoms with Crippen LogP contribution < -0.4 is 5.32 Å². The maximum absolute atomic E-state index is 11.7. The Morgan fingerprint density at radius 3 is 3.00 bits per heavy atom. The van der Waals surface area contributed by atoms with Crippen molar-refractivity contribution in [1.82, 2.24) is 20.5 Å². The summed E-state index contributed by atoms with van der Waals surface area (Å²) in [6.07, 6.45) is 1.86. The second-order valence-electron chi connectivity index (χ2n) is 3.53. The number of carbonyl (C=O) groups excluding carboxylic acids is 1. The minimum atomic E-state index is -0.0869. The lowest BCUT2D eigenvalue weighted by molar-refractivity contribution is -0.120. The molecule has 18 heavy (non-hydrogen) atoms. The molecule has 94 valence electrons. The normalized spacial score (nSPS) is 10.3. The van der Waals surface area contributed by atoms with Crippen molar-refractivity contribution >= 4 is 28.8 Å². The number of halogens is 1. The molecule has 2 heterocycles. The number of nitrogens with one attached hydrogen (secondary N) is 1. The maximum Gasteiger partial charge on any atom is 0.227 e. The van der Waals surface area contributed by atoms with Crippen LogP contribution in [0.3, 0.4) is 0 Å². The lowest BCUT2D eigenvalue weighted by Gasteiger charge is -2.02. The molecule has 0 saturated heterocycles. The quantitative estimate of drug-likeness (QED) is 0.845. The summed E-state index contributed by atoms with van der Waals surface area (Å²) in [5.41, 5.74) is 1.53. The van der Waals surface area contributed by atoms with Crippen LogP contribution in [-0.4, -0.2) is 21.1 Å². The molecular weight excluding hydrogens is 272 g/mol. The van der Waals surface area contributed by atoms with Crippen LogP contribution in [0.15, 0.2) is 23.7 Å². The first-order chi connectivity index (χ1) is 8.78. The highest BCUT2D eigenvalue weighted by Crippen LogP contribution is 2.12. The number of hydrogen-bond donors (Lipinski definition) is 1. The van der Waals surface area contributed by atoms with E-state index in [0.717, 1.165) is 16.4 Å². The molecule has 2 aromatic heterocycles. The first-order valence-corrected chi connectivity index (χ1v) is 6.72. The summed E-state index contributed by atoms with van der Waals surface area (Å²) in [5.74, 6) is 0.286. The van der Waals surface area contributed by atoms with Crippen molar-refractivity contribution in [2.45, 2.75) is 18.8 Å². The fourth-order valence-corrected chi connectivity index (χ4v) is 2.33. The van der Waals surface area contributed by atoms with E-state index >= 15 is 0 Å². The first kappa shape index (κ1) is 12.9. The SMILES string of the molecule is O=C(Cc1nc(CCl)cs1)NCc1cccnn1. The molecule has 0 fully saturated rings. The van der Waals surface area contributed by atoms with Gasteiger partial charge >= 0.3 is 0 Å². The second kappa shape index (κ2) is 6.42. The highest BCUT2D eigenvalue weighted by Gasteiger charge is 2.07. The van der Waals surface area contributed by atoms with Crippen LogP contribution in [-0.2, 0) is 23.6 Å². The fraction of sp³-hybridized carbons (Fsp3) is 0.273. The number of hydrogen-bond acceptors (Lipinski definition) is 5. The average molecular weight is 283 g/mol. The van der Waals surface area contributed by atoms with Crippen LogP contribution in [0.2, 0.25) is 0 Å². The van der Waals surface area contributed by atoms with E-state index < -0.39 is 0 Å². The third-order valence-corrected chi connectivity index (χ3v) is 3.31. The molecule has 0 aromatic carbocycles. The number of amides is 1. The van der Waals surface area contributed by atoms with Gasteiger partial charge in [0.15, 0.2) is 0 Å². The third kappa shape index (κ3) is 3.75. The van der Waals surface area contributed by atoms with Crippen LogP contribution in [0.1, 0.15) is 16.4 Å². The smallest absolute Gasteiger partial charge is 0.227 e. The minimum Gasteiger partial charge on any atom is -0.350 e. The molecule has 0 aliphatic carbocycles. The van der Waals surface area contributed by atoms with Gasteiger partial charge in [-0.15, -0.1) is 22.9 Å². The maximum atomic E-state index is 11.7. The Labute approximate surface area is 113 Å². The van der Waals surface area contributed by atoms with Gasteiger partial charge < -0.3 is 5.32 Å². The van der Waals surface area contributed by atoms with Crippen LogP contribution in [0.5, 0.6) is 0 Å². The summed E-state index contributed by atoms with van der Waals surface area (Å²) < 4.78 is 0. The first-order valence-electron chi connectivity index (χ1n) is 5.30. The van der Waals surface area contributed by atoms with Crippen LogP contribution in [0.25, 0.3) is 0 Å². The van der Waals surface area contributed by atoms with Crippen molar-refractivity contribution < 1.29 is 4.79 Å². The van der Waals surface area contributed by atoms with E-state index in [-0.39, 0.29) is 12.3 Å². The van der Waals surface area contributed by atoms with Gasteiger partial charge in [0.2, 0.25) is 5.91 Å². The topological polar surface area (TPSA) is 67.8 Å². The molecule has 0 spiro atoms. The van der Waals surface area contributed by atoms with Gasteiger partial charge in [-0.2, -0.15) is 10.2 Å². The molecular formula is C11H11ClN4OS. The summed E-state index contributed by atoms with van der Waals surface area (Å²) in [4.78, 5) is 15.9. The van der Waals surface area contributed by atoms with E-state index in [1.54, 1.807) is 12.3 Å². The largest absolute Gasteiger partial charge is 0.350 e. The molecule has 0 aliphatic heterocycles. The summed E-state index contributed by atoms with van der Waals surface area (Å²) in [7, 11) is 0. The number of nitrogens with zero attached hydrogens (tertiary/aromatic N) is 3. The standard InChI is InChI=1S/C11H11ClN4OS/c12-5-9-7-18-11(15-9)4-10(17)13-6-8-2-1-3-14-16-8/h1-3,7H,4-6H2,(H,13,17). The summed E-state index contributed by atoms with van der Waals surface area (Å²) in [6, 6.07) is 3.59. The monoisotopic (exact) mass is 282 g/mol. The molecule has 0 bridgehead atoms. The lowest BCUT2D eigenvalue weighted by Crippen LogP contribution is -2.25. The number of carbonyl (C=O) groups is 1. The number of thiazole rings is 1. The van der Waals surface area contributed by atoms with Gasteiger partial charge in [0.1, 0.15) is 5.01 Å². The molecule has 0 unspecified atom stereocenters. The van der Waals surface area contributed by atoms with E-state index in [1.165, 1.54) is 11.3 Å². The van der Waals surface area contributed by atoms with Gasteiger partial charge in [0, 0.05) is 11.6 Å². The van der Waals surface area contributed by atoms with Gasteiger partial charge in [0.05, 0.1) is 30.2 Å². The van der Waals surface area contributed by atoms with Crippen molar-refractivity contribution in [1.29, 1.82) is 0 Å². The highest BCUT2D eigenvalue weighted by molar-refractivity contribution is 7.09. The van der Waals surface area contributed by atoms with Gasteiger partial charge in [-0.05, 0) is 12.1 Å². The zero-order chi connectivity index (χ0) is 12.8. The average Bonchev–Trinajstić information content (AvgIpc) is 2.85. The summed E-state index contributed by atoms with van der Waals surface area (Å²) in [6.45, 7) is 0.375. The lowest BCUT2D eigenvalue weighted by atomic mass is 10.3. The molecule has 2 aromatic rings. The molecule has 0 radical (unpaired) electrons. The fourth-order valence-electron chi connectivity index (χ4n) is 1.31. The predicted molar refractivity (Wildman–Crippen MR) is 69.3 cm³/mol. The van der Waals surface area contributed by atoms with Gasteiger partial charge in [0.25, 0.3) is 0 Å². The van der Waals surface area contributed by atoms with Gasteiger partial charge in [-0.3, -0.25) is 4.79 Å².